The summed E-state index contributed by atoms with van der Waals surface area (Å²) in [6.45, 7) is 8.00. The average molecular weight is 268 g/mol. The lowest BCUT2D eigenvalue weighted by Crippen LogP contribution is -2.55. The van der Waals surface area contributed by atoms with Gasteiger partial charge in [0.15, 0.2) is 0 Å². The summed E-state index contributed by atoms with van der Waals surface area (Å²) in [6.07, 6.45) is 2.50. The van der Waals surface area contributed by atoms with Gasteiger partial charge in [-0.2, -0.15) is 0 Å². The second kappa shape index (κ2) is 5.38. The van der Waals surface area contributed by atoms with Gasteiger partial charge in [-0.3, -0.25) is 4.79 Å². The zero-order valence-electron chi connectivity index (χ0n) is 12.3. The minimum absolute atomic E-state index is 0.148. The molecule has 2 unspecified atom stereocenters. The highest BCUT2D eigenvalue weighted by Gasteiger charge is 2.38. The minimum atomic E-state index is -0.206. The number of carbonyl (C=O) groups is 1. The van der Waals surface area contributed by atoms with Gasteiger partial charge in [0, 0.05) is 24.7 Å². The van der Waals surface area contributed by atoms with Gasteiger partial charge in [0.05, 0.1) is 5.92 Å². The maximum atomic E-state index is 12.7. The first-order valence-electron chi connectivity index (χ1n) is 7.33. The van der Waals surface area contributed by atoms with Crippen molar-refractivity contribution in [3.63, 3.8) is 0 Å². The minimum Gasteiger partial charge on any atom is -0.785 e. The first-order valence-corrected chi connectivity index (χ1v) is 7.33. The first-order chi connectivity index (χ1) is 8.82. The number of rotatable bonds is 1. The van der Waals surface area contributed by atoms with Crippen LogP contribution in [0.4, 0.5) is 0 Å². The van der Waals surface area contributed by atoms with Crippen molar-refractivity contribution in [3.05, 3.63) is 5.21 Å². The third kappa shape index (κ3) is 3.09. The number of piperidine rings is 2. The van der Waals surface area contributed by atoms with E-state index < -0.39 is 0 Å². The summed E-state index contributed by atoms with van der Waals surface area (Å²) in [5, 5.41) is 12.8. The summed E-state index contributed by atoms with van der Waals surface area (Å²) >= 11 is 0. The van der Waals surface area contributed by atoms with Gasteiger partial charge >= 0.3 is 0 Å². The number of hydrogen-bond donors (Lipinski definition) is 1. The fraction of sp³-hybridized carbons (Fsp3) is 0.929. The van der Waals surface area contributed by atoms with Gasteiger partial charge in [-0.15, -0.1) is 0 Å². The summed E-state index contributed by atoms with van der Waals surface area (Å²) in [4.78, 5) is 14.6. The molecule has 0 aromatic carbocycles. The van der Waals surface area contributed by atoms with Crippen LogP contribution in [0.25, 0.3) is 0 Å². The third-order valence-electron chi connectivity index (χ3n) is 4.89. The summed E-state index contributed by atoms with van der Waals surface area (Å²) in [5.41, 5.74) is 5.95. The van der Waals surface area contributed by atoms with E-state index in [0.717, 1.165) is 37.4 Å². The molecule has 2 saturated heterocycles. The van der Waals surface area contributed by atoms with Crippen molar-refractivity contribution in [3.8, 4) is 0 Å². The number of carbonyl (C=O) groups excluding carboxylic acids is 1. The molecule has 110 valence electrons. The predicted octanol–water partition coefficient (Wildman–Crippen LogP) is 1.17. The van der Waals surface area contributed by atoms with E-state index in [4.69, 9.17) is 5.73 Å². The van der Waals surface area contributed by atoms with Gasteiger partial charge < -0.3 is 20.9 Å². The Morgan fingerprint density at radius 3 is 2.42 bits per heavy atom. The van der Waals surface area contributed by atoms with Crippen molar-refractivity contribution in [2.24, 2.45) is 17.6 Å². The van der Waals surface area contributed by atoms with E-state index in [0.29, 0.717) is 12.5 Å². The van der Waals surface area contributed by atoms with E-state index in [-0.39, 0.29) is 23.4 Å². The zero-order valence-corrected chi connectivity index (χ0v) is 12.3. The smallest absolute Gasteiger partial charge is 0.227 e. The number of likely N-dealkylation sites (tertiary alicyclic amines) is 1. The first kappa shape index (κ1) is 14.8. The van der Waals surface area contributed by atoms with E-state index in [9.17, 15) is 10.0 Å². The number of nitrogens with two attached hydrogens (primary N) is 1. The highest BCUT2D eigenvalue weighted by molar-refractivity contribution is 5.80. The van der Waals surface area contributed by atoms with Crippen LogP contribution in [0.5, 0.6) is 0 Å². The molecule has 1 amide bonds. The SMILES string of the molecule is CC1CCN([O-])[C@@H](C)C1C(=O)N1CCC(C)(N)CC1. The number of hydroxylamine groups is 2. The van der Waals surface area contributed by atoms with Gasteiger partial charge in [0.2, 0.25) is 5.91 Å². The van der Waals surface area contributed by atoms with E-state index in [1.54, 1.807) is 0 Å². The van der Waals surface area contributed by atoms with Crippen molar-refractivity contribution in [2.75, 3.05) is 19.6 Å². The lowest BCUT2D eigenvalue weighted by Gasteiger charge is -2.48. The fourth-order valence-electron chi connectivity index (χ4n) is 3.27. The quantitative estimate of drug-likeness (QED) is 0.775. The van der Waals surface area contributed by atoms with Crippen LogP contribution in [-0.4, -0.2) is 47.1 Å². The topological polar surface area (TPSA) is 72.6 Å². The second-order valence-electron chi connectivity index (χ2n) is 6.65. The molecule has 0 aliphatic carbocycles. The summed E-state index contributed by atoms with van der Waals surface area (Å²) in [6, 6.07) is -0.206. The highest BCUT2D eigenvalue weighted by Crippen LogP contribution is 2.31. The molecule has 0 saturated carbocycles. The standard InChI is InChI=1S/C14H26N3O2/c1-10-4-7-17(19)11(2)12(10)13(18)16-8-5-14(3,15)6-9-16/h10-12H,4-9,15H2,1-3H3/q-1/t10?,11-,12?/m0/s1. The number of hydrogen-bond acceptors (Lipinski definition) is 4. The van der Waals surface area contributed by atoms with E-state index in [1.807, 2.05) is 18.7 Å². The Hall–Kier alpha value is -0.650. The molecule has 0 aromatic rings. The second-order valence-corrected chi connectivity index (χ2v) is 6.65. The van der Waals surface area contributed by atoms with Crippen molar-refractivity contribution in [1.82, 2.24) is 9.96 Å². The van der Waals surface area contributed by atoms with E-state index >= 15 is 0 Å². The molecule has 0 bridgehead atoms. The van der Waals surface area contributed by atoms with Crippen molar-refractivity contribution < 1.29 is 4.79 Å². The highest BCUT2D eigenvalue weighted by atomic mass is 16.5. The normalized spacial score (nSPS) is 36.3. The summed E-state index contributed by atoms with van der Waals surface area (Å²) < 4.78 is 0. The lowest BCUT2D eigenvalue weighted by molar-refractivity contribution is -0.142. The molecule has 3 atom stereocenters. The Morgan fingerprint density at radius 2 is 1.84 bits per heavy atom. The molecule has 2 fully saturated rings. The Kier molecular flexibility index (Phi) is 4.18. The fourth-order valence-corrected chi connectivity index (χ4v) is 3.27. The Balaban J connectivity index is 2.02. The molecule has 19 heavy (non-hydrogen) atoms. The van der Waals surface area contributed by atoms with Crippen LogP contribution in [0.2, 0.25) is 0 Å². The monoisotopic (exact) mass is 268 g/mol. The Labute approximate surface area is 115 Å². The zero-order chi connectivity index (χ0) is 14.2. The third-order valence-corrected chi connectivity index (χ3v) is 4.89. The summed E-state index contributed by atoms with van der Waals surface area (Å²) in [5.74, 6) is 0.281. The molecule has 2 N–H and O–H groups in total. The molecular formula is C14H26N3O2-. The molecule has 5 heteroatoms. The molecule has 0 radical (unpaired) electrons. The summed E-state index contributed by atoms with van der Waals surface area (Å²) in [7, 11) is 0. The van der Waals surface area contributed by atoms with Gasteiger partial charge in [0.1, 0.15) is 0 Å². The van der Waals surface area contributed by atoms with Crippen LogP contribution in [0.1, 0.15) is 40.0 Å². The number of amides is 1. The predicted molar refractivity (Wildman–Crippen MR) is 75.2 cm³/mol. The van der Waals surface area contributed by atoms with Gasteiger partial charge in [0.25, 0.3) is 0 Å². The van der Waals surface area contributed by atoms with Gasteiger partial charge in [-0.05, 0) is 45.6 Å². The van der Waals surface area contributed by atoms with Crippen LogP contribution in [0.15, 0.2) is 0 Å². The van der Waals surface area contributed by atoms with Crippen molar-refractivity contribution >= 4 is 5.91 Å². The van der Waals surface area contributed by atoms with E-state index in [2.05, 4.69) is 6.92 Å². The van der Waals surface area contributed by atoms with Crippen molar-refractivity contribution in [2.45, 2.75) is 51.6 Å². The van der Waals surface area contributed by atoms with Crippen LogP contribution in [0.3, 0.4) is 0 Å². The molecule has 5 nitrogen and oxygen atoms in total. The molecule has 0 spiro atoms. The lowest BCUT2D eigenvalue weighted by atomic mass is 9.80. The van der Waals surface area contributed by atoms with Gasteiger partial charge in [-0.25, -0.2) is 0 Å². The average Bonchev–Trinajstić information content (AvgIpc) is 2.34. The maximum Gasteiger partial charge on any atom is 0.227 e. The van der Waals surface area contributed by atoms with Crippen LogP contribution >= 0.6 is 0 Å². The maximum absolute atomic E-state index is 12.7. The largest absolute Gasteiger partial charge is 0.785 e. The van der Waals surface area contributed by atoms with Crippen LogP contribution in [0, 0.1) is 17.0 Å². The Bertz CT molecular complexity index is 336. The van der Waals surface area contributed by atoms with Crippen molar-refractivity contribution in [1.29, 1.82) is 0 Å². The molecule has 2 heterocycles. The molecule has 2 rings (SSSR count). The molecule has 2 aliphatic rings. The molecule has 0 aromatic heterocycles. The van der Waals surface area contributed by atoms with Crippen LogP contribution < -0.4 is 5.73 Å². The molecule has 2 aliphatic heterocycles. The number of nitrogens with zero attached hydrogens (tertiary/aromatic N) is 2. The van der Waals surface area contributed by atoms with Crippen LogP contribution in [-0.2, 0) is 4.79 Å². The Morgan fingerprint density at radius 1 is 1.26 bits per heavy atom. The van der Waals surface area contributed by atoms with Gasteiger partial charge in [-0.1, -0.05) is 6.92 Å². The van der Waals surface area contributed by atoms with E-state index in [1.165, 1.54) is 0 Å². The molecular weight excluding hydrogens is 242 g/mol.